The minimum absolute atomic E-state index is 0.942. The van der Waals surface area contributed by atoms with E-state index in [9.17, 15) is 0 Å². The third-order valence-electron chi connectivity index (χ3n) is 6.15. The SMILES string of the molecule is CC[PH](CC)(C1CCCCC1)C1CCCCC1. The van der Waals surface area contributed by atoms with E-state index in [0.29, 0.717) is 0 Å². The van der Waals surface area contributed by atoms with Gasteiger partial charge in [-0.25, -0.2) is 0 Å². The Hall–Kier alpha value is 0.430. The Morgan fingerprint density at radius 2 is 1.00 bits per heavy atom. The number of rotatable bonds is 4. The second kappa shape index (κ2) is 6.55. The van der Waals surface area contributed by atoms with Crippen molar-refractivity contribution in [3.8, 4) is 0 Å². The van der Waals surface area contributed by atoms with Crippen molar-refractivity contribution in [2.75, 3.05) is 12.3 Å². The predicted molar refractivity (Wildman–Crippen MR) is 83.1 cm³/mol. The molecule has 2 aliphatic rings. The zero-order chi connectivity index (χ0) is 12.1. The van der Waals surface area contributed by atoms with Gasteiger partial charge in [0, 0.05) is 0 Å². The predicted octanol–water partition coefficient (Wildman–Crippen LogP) is 5.44. The molecule has 0 bridgehead atoms. The van der Waals surface area contributed by atoms with E-state index in [2.05, 4.69) is 13.8 Å². The Morgan fingerprint density at radius 3 is 1.29 bits per heavy atom. The van der Waals surface area contributed by atoms with Gasteiger partial charge in [0.2, 0.25) is 0 Å². The Bertz CT molecular complexity index is 188. The summed E-state index contributed by atoms with van der Waals surface area (Å²) >= 11 is 0. The first-order valence-electron chi connectivity index (χ1n) is 8.33. The maximum atomic E-state index is 2.54. The molecule has 0 aliphatic heterocycles. The van der Waals surface area contributed by atoms with Gasteiger partial charge in [-0.05, 0) is 0 Å². The average Bonchev–Trinajstić information content (AvgIpc) is 2.43. The normalized spacial score (nSPS) is 26.0. The molecule has 0 unspecified atom stereocenters. The Balaban J connectivity index is 2.10. The van der Waals surface area contributed by atoms with Crippen LogP contribution in [-0.4, -0.2) is 23.6 Å². The molecule has 0 N–H and O–H groups in total. The summed E-state index contributed by atoms with van der Waals surface area (Å²) in [5.41, 5.74) is 2.41. The quantitative estimate of drug-likeness (QED) is 0.587. The van der Waals surface area contributed by atoms with Crippen molar-refractivity contribution in [2.24, 2.45) is 0 Å². The van der Waals surface area contributed by atoms with Crippen molar-refractivity contribution in [3.05, 3.63) is 0 Å². The number of hydrogen-bond acceptors (Lipinski definition) is 0. The van der Waals surface area contributed by atoms with Crippen LogP contribution in [0, 0.1) is 0 Å². The molecule has 0 nitrogen and oxygen atoms in total. The summed E-state index contributed by atoms with van der Waals surface area (Å²) in [6, 6.07) is 0. The Morgan fingerprint density at radius 1 is 0.647 bits per heavy atom. The van der Waals surface area contributed by atoms with Crippen molar-refractivity contribution in [1.29, 1.82) is 0 Å². The van der Waals surface area contributed by atoms with E-state index in [4.69, 9.17) is 0 Å². The molecule has 1 heteroatoms. The molecule has 0 saturated heterocycles. The van der Waals surface area contributed by atoms with Crippen LogP contribution in [0.5, 0.6) is 0 Å². The monoisotopic (exact) mass is 256 g/mol. The van der Waals surface area contributed by atoms with Gasteiger partial charge < -0.3 is 0 Å². The van der Waals surface area contributed by atoms with E-state index in [1.807, 2.05) is 0 Å². The van der Waals surface area contributed by atoms with Gasteiger partial charge in [0.25, 0.3) is 0 Å². The molecule has 0 aromatic rings. The van der Waals surface area contributed by atoms with Gasteiger partial charge in [-0.2, -0.15) is 0 Å². The van der Waals surface area contributed by atoms with Crippen LogP contribution in [0.4, 0.5) is 0 Å². The summed E-state index contributed by atoms with van der Waals surface area (Å²) in [7, 11) is -0.942. The number of hydrogen-bond donors (Lipinski definition) is 0. The van der Waals surface area contributed by atoms with Gasteiger partial charge in [0.15, 0.2) is 0 Å². The molecule has 0 heterocycles. The van der Waals surface area contributed by atoms with Gasteiger partial charge in [0.1, 0.15) is 0 Å². The first kappa shape index (κ1) is 13.9. The van der Waals surface area contributed by atoms with Crippen molar-refractivity contribution in [2.45, 2.75) is 89.4 Å². The standard InChI is InChI=1S/C16H33P/c1-3-17(4-2,15-11-7-5-8-12-15)16-13-9-6-10-14-16/h15-17H,3-14H2,1-2H3. The molecular formula is C16H33P. The van der Waals surface area contributed by atoms with Crippen LogP contribution in [0.1, 0.15) is 78.1 Å². The Kier molecular flexibility index (Phi) is 5.34. The van der Waals surface area contributed by atoms with E-state index in [0.717, 1.165) is 0 Å². The van der Waals surface area contributed by atoms with Crippen LogP contribution in [-0.2, 0) is 0 Å². The van der Waals surface area contributed by atoms with Crippen LogP contribution >= 0.6 is 7.26 Å². The molecule has 0 aromatic carbocycles. The van der Waals surface area contributed by atoms with Crippen molar-refractivity contribution in [3.63, 3.8) is 0 Å². The molecular weight excluding hydrogens is 223 g/mol. The zero-order valence-corrected chi connectivity index (χ0v) is 13.1. The summed E-state index contributed by atoms with van der Waals surface area (Å²) in [5.74, 6) is 0. The third kappa shape index (κ3) is 2.89. The molecule has 2 fully saturated rings. The molecule has 2 rings (SSSR count). The van der Waals surface area contributed by atoms with E-state index in [1.54, 1.807) is 63.7 Å². The van der Waals surface area contributed by atoms with Gasteiger partial charge >= 0.3 is 109 Å². The molecule has 2 aliphatic carbocycles. The first-order chi connectivity index (χ1) is 8.33. The topological polar surface area (TPSA) is 0 Å². The van der Waals surface area contributed by atoms with Crippen LogP contribution < -0.4 is 0 Å². The summed E-state index contributed by atoms with van der Waals surface area (Å²) in [5, 5.41) is 0. The van der Waals surface area contributed by atoms with Crippen LogP contribution in [0.15, 0.2) is 0 Å². The summed E-state index contributed by atoms with van der Waals surface area (Å²) < 4.78 is 0. The molecule has 0 radical (unpaired) electrons. The fourth-order valence-electron chi connectivity index (χ4n) is 5.09. The molecule has 0 spiro atoms. The third-order valence-corrected chi connectivity index (χ3v) is 13.2. The molecule has 0 amide bonds. The van der Waals surface area contributed by atoms with Crippen molar-refractivity contribution < 1.29 is 0 Å². The molecule has 2 saturated carbocycles. The van der Waals surface area contributed by atoms with Gasteiger partial charge in [-0.3, -0.25) is 0 Å². The fraction of sp³-hybridized carbons (Fsp3) is 1.00. The van der Waals surface area contributed by atoms with Crippen LogP contribution in [0.2, 0.25) is 0 Å². The van der Waals surface area contributed by atoms with Gasteiger partial charge in [-0.15, -0.1) is 0 Å². The fourth-order valence-corrected chi connectivity index (χ4v) is 11.7. The zero-order valence-electron chi connectivity index (χ0n) is 12.1. The summed E-state index contributed by atoms with van der Waals surface area (Å²) in [4.78, 5) is 0. The van der Waals surface area contributed by atoms with Crippen molar-refractivity contribution in [1.82, 2.24) is 0 Å². The summed E-state index contributed by atoms with van der Waals surface area (Å²) in [6.07, 6.45) is 18.8. The summed E-state index contributed by atoms with van der Waals surface area (Å²) in [6.45, 7) is 5.08. The van der Waals surface area contributed by atoms with E-state index in [1.165, 1.54) is 24.2 Å². The van der Waals surface area contributed by atoms with Crippen LogP contribution in [0.3, 0.4) is 0 Å². The van der Waals surface area contributed by atoms with E-state index >= 15 is 0 Å². The first-order valence-corrected chi connectivity index (χ1v) is 10.9. The maximum absolute atomic E-state index is 2.54. The van der Waals surface area contributed by atoms with Gasteiger partial charge in [-0.1, -0.05) is 0 Å². The van der Waals surface area contributed by atoms with E-state index in [-0.39, 0.29) is 0 Å². The minimum atomic E-state index is -0.942. The molecule has 17 heavy (non-hydrogen) atoms. The van der Waals surface area contributed by atoms with E-state index < -0.39 is 7.26 Å². The second-order valence-corrected chi connectivity index (χ2v) is 12.1. The molecule has 102 valence electrons. The molecule has 0 aromatic heterocycles. The van der Waals surface area contributed by atoms with Crippen molar-refractivity contribution >= 4 is 7.26 Å². The Labute approximate surface area is 109 Å². The average molecular weight is 256 g/mol. The molecule has 0 atom stereocenters. The van der Waals surface area contributed by atoms with Gasteiger partial charge in [0.05, 0.1) is 0 Å². The second-order valence-electron chi connectivity index (χ2n) is 6.61. The van der Waals surface area contributed by atoms with Crippen LogP contribution in [0.25, 0.3) is 0 Å².